The van der Waals surface area contributed by atoms with Crippen LogP contribution in [-0.2, 0) is 0 Å². The smallest absolute Gasteiger partial charge is 0.167 e. The van der Waals surface area contributed by atoms with Crippen LogP contribution in [0.4, 0.5) is 4.39 Å². The lowest BCUT2D eigenvalue weighted by molar-refractivity contribution is 0.294. The van der Waals surface area contributed by atoms with Crippen LogP contribution in [-0.4, -0.2) is 45.2 Å². The molecule has 4 heteroatoms. The van der Waals surface area contributed by atoms with Gasteiger partial charge in [-0.15, -0.1) is 0 Å². The van der Waals surface area contributed by atoms with Crippen molar-refractivity contribution >= 4 is 0 Å². The Hall–Kier alpha value is -1.13. The molecule has 96 valence electrons. The maximum Gasteiger partial charge on any atom is 0.167 e. The Balaban J connectivity index is 2.20. The first-order valence-electron chi connectivity index (χ1n) is 5.84. The van der Waals surface area contributed by atoms with Crippen LogP contribution >= 0.6 is 0 Å². The number of aryl methyl sites for hydroxylation is 1. The highest BCUT2D eigenvalue weighted by atomic mass is 19.1. The van der Waals surface area contributed by atoms with Gasteiger partial charge in [0.15, 0.2) is 11.6 Å². The third-order valence-electron chi connectivity index (χ3n) is 2.43. The fourth-order valence-corrected chi connectivity index (χ4v) is 1.39. The van der Waals surface area contributed by atoms with Crippen LogP contribution in [0.1, 0.15) is 5.56 Å². The van der Waals surface area contributed by atoms with Gasteiger partial charge < -0.3 is 15.0 Å². The number of rotatable bonds is 7. The SMILES string of the molecule is Cc1cccc(OCCNCCN(C)C)c1F. The minimum Gasteiger partial charge on any atom is -0.489 e. The molecule has 0 unspecified atom stereocenters. The summed E-state index contributed by atoms with van der Waals surface area (Å²) >= 11 is 0. The van der Waals surface area contributed by atoms with Crippen molar-refractivity contribution in [3.05, 3.63) is 29.6 Å². The Bertz CT molecular complexity index is 342. The Kier molecular flexibility index (Phi) is 5.94. The van der Waals surface area contributed by atoms with E-state index >= 15 is 0 Å². The number of hydrogen-bond donors (Lipinski definition) is 1. The van der Waals surface area contributed by atoms with Crippen molar-refractivity contribution in [1.29, 1.82) is 0 Å². The van der Waals surface area contributed by atoms with Gasteiger partial charge in [0.1, 0.15) is 6.61 Å². The number of benzene rings is 1. The van der Waals surface area contributed by atoms with Gasteiger partial charge in [-0.2, -0.15) is 0 Å². The predicted molar refractivity (Wildman–Crippen MR) is 68.1 cm³/mol. The summed E-state index contributed by atoms with van der Waals surface area (Å²) in [7, 11) is 4.06. The molecule has 0 aliphatic carbocycles. The zero-order valence-corrected chi connectivity index (χ0v) is 10.8. The molecule has 0 amide bonds. The van der Waals surface area contributed by atoms with Crippen LogP contribution in [0, 0.1) is 12.7 Å². The van der Waals surface area contributed by atoms with Gasteiger partial charge in [-0.1, -0.05) is 12.1 Å². The number of nitrogens with zero attached hydrogens (tertiary/aromatic N) is 1. The lowest BCUT2D eigenvalue weighted by Gasteiger charge is -2.11. The van der Waals surface area contributed by atoms with Crippen molar-refractivity contribution in [2.45, 2.75) is 6.92 Å². The monoisotopic (exact) mass is 240 g/mol. The first kappa shape index (κ1) is 13.9. The molecule has 1 aromatic carbocycles. The molecule has 0 aliphatic rings. The fourth-order valence-electron chi connectivity index (χ4n) is 1.39. The zero-order valence-electron chi connectivity index (χ0n) is 10.8. The number of hydrogen-bond acceptors (Lipinski definition) is 3. The van der Waals surface area contributed by atoms with Crippen molar-refractivity contribution in [1.82, 2.24) is 10.2 Å². The number of nitrogens with one attached hydrogen (secondary N) is 1. The molecule has 0 saturated heterocycles. The van der Waals surface area contributed by atoms with E-state index in [1.807, 2.05) is 14.1 Å². The average Bonchev–Trinajstić information content (AvgIpc) is 2.28. The number of halogens is 1. The fraction of sp³-hybridized carbons (Fsp3) is 0.538. The third-order valence-corrected chi connectivity index (χ3v) is 2.43. The lowest BCUT2D eigenvalue weighted by atomic mass is 10.2. The summed E-state index contributed by atoms with van der Waals surface area (Å²) in [6.07, 6.45) is 0. The van der Waals surface area contributed by atoms with Gasteiger partial charge in [-0.25, -0.2) is 4.39 Å². The Morgan fingerprint density at radius 2 is 2.06 bits per heavy atom. The van der Waals surface area contributed by atoms with E-state index in [0.29, 0.717) is 17.9 Å². The molecule has 1 N–H and O–H groups in total. The first-order chi connectivity index (χ1) is 8.11. The molecule has 3 nitrogen and oxygen atoms in total. The first-order valence-corrected chi connectivity index (χ1v) is 5.84. The van der Waals surface area contributed by atoms with Crippen molar-refractivity contribution in [3.63, 3.8) is 0 Å². The standard InChI is InChI=1S/C13H21FN2O/c1-11-5-4-6-12(13(11)14)17-10-8-15-7-9-16(2)3/h4-6,15H,7-10H2,1-3H3. The Labute approximate surface area is 103 Å². The molecule has 0 bridgehead atoms. The average molecular weight is 240 g/mol. The van der Waals surface area contributed by atoms with Crippen molar-refractivity contribution in [2.24, 2.45) is 0 Å². The van der Waals surface area contributed by atoms with Crippen LogP contribution in [0.3, 0.4) is 0 Å². The van der Waals surface area contributed by atoms with Gasteiger partial charge >= 0.3 is 0 Å². The zero-order chi connectivity index (χ0) is 12.7. The highest BCUT2D eigenvalue weighted by Gasteiger charge is 2.04. The van der Waals surface area contributed by atoms with Crippen LogP contribution in [0.15, 0.2) is 18.2 Å². The predicted octanol–water partition coefficient (Wildman–Crippen LogP) is 1.66. The molecule has 0 radical (unpaired) electrons. The highest BCUT2D eigenvalue weighted by Crippen LogP contribution is 2.19. The van der Waals surface area contributed by atoms with Crippen LogP contribution in [0.25, 0.3) is 0 Å². The lowest BCUT2D eigenvalue weighted by Crippen LogP contribution is -2.29. The van der Waals surface area contributed by atoms with E-state index < -0.39 is 0 Å². The van der Waals surface area contributed by atoms with Crippen LogP contribution < -0.4 is 10.1 Å². The Morgan fingerprint density at radius 3 is 2.76 bits per heavy atom. The minimum absolute atomic E-state index is 0.263. The Morgan fingerprint density at radius 1 is 1.29 bits per heavy atom. The normalized spacial score (nSPS) is 10.9. The van der Waals surface area contributed by atoms with Crippen LogP contribution in [0.2, 0.25) is 0 Å². The van der Waals surface area contributed by atoms with E-state index in [1.165, 1.54) is 0 Å². The molecule has 0 saturated carbocycles. The third kappa shape index (κ3) is 5.15. The van der Waals surface area contributed by atoms with Crippen molar-refractivity contribution in [2.75, 3.05) is 40.3 Å². The van der Waals surface area contributed by atoms with E-state index in [-0.39, 0.29) is 5.82 Å². The second-order valence-corrected chi connectivity index (χ2v) is 4.29. The van der Waals surface area contributed by atoms with Crippen LogP contribution in [0.5, 0.6) is 5.75 Å². The summed E-state index contributed by atoms with van der Waals surface area (Å²) in [6.45, 7) is 4.83. The van der Waals surface area contributed by atoms with E-state index in [4.69, 9.17) is 4.74 Å². The maximum atomic E-state index is 13.5. The van der Waals surface area contributed by atoms with Crippen molar-refractivity contribution in [3.8, 4) is 5.75 Å². The molecule has 0 aliphatic heterocycles. The van der Waals surface area contributed by atoms with E-state index in [1.54, 1.807) is 25.1 Å². The molecule has 0 heterocycles. The van der Waals surface area contributed by atoms with Crippen molar-refractivity contribution < 1.29 is 9.13 Å². The largest absolute Gasteiger partial charge is 0.489 e. The second kappa shape index (κ2) is 7.25. The summed E-state index contributed by atoms with van der Waals surface area (Å²) in [5, 5.41) is 3.23. The van der Waals surface area contributed by atoms with E-state index in [2.05, 4.69) is 10.2 Å². The summed E-state index contributed by atoms with van der Waals surface area (Å²) < 4.78 is 18.9. The summed E-state index contributed by atoms with van der Waals surface area (Å²) in [4.78, 5) is 2.11. The molecule has 17 heavy (non-hydrogen) atoms. The number of ether oxygens (including phenoxy) is 1. The highest BCUT2D eigenvalue weighted by molar-refractivity contribution is 5.29. The molecule has 1 rings (SSSR count). The summed E-state index contributed by atoms with van der Waals surface area (Å²) in [5.41, 5.74) is 0.614. The molecular weight excluding hydrogens is 219 g/mol. The van der Waals surface area contributed by atoms with Gasteiger partial charge in [0, 0.05) is 19.6 Å². The van der Waals surface area contributed by atoms with E-state index in [0.717, 1.165) is 19.6 Å². The van der Waals surface area contributed by atoms with Gasteiger partial charge in [-0.05, 0) is 32.6 Å². The number of likely N-dealkylation sites (N-methyl/N-ethyl adjacent to an activating group) is 1. The van der Waals surface area contributed by atoms with Gasteiger partial charge in [0.25, 0.3) is 0 Å². The molecule has 0 spiro atoms. The van der Waals surface area contributed by atoms with Gasteiger partial charge in [0.05, 0.1) is 0 Å². The minimum atomic E-state index is -0.263. The molecule has 0 fully saturated rings. The second-order valence-electron chi connectivity index (χ2n) is 4.29. The molecular formula is C13H21FN2O. The molecule has 0 atom stereocenters. The summed E-state index contributed by atoms with van der Waals surface area (Å²) in [6, 6.07) is 5.19. The topological polar surface area (TPSA) is 24.5 Å². The van der Waals surface area contributed by atoms with Gasteiger partial charge in [0.2, 0.25) is 0 Å². The van der Waals surface area contributed by atoms with E-state index in [9.17, 15) is 4.39 Å². The summed E-state index contributed by atoms with van der Waals surface area (Å²) in [5.74, 6) is 0.0696. The quantitative estimate of drug-likeness (QED) is 0.734. The molecule has 1 aromatic rings. The molecule has 0 aromatic heterocycles. The maximum absolute atomic E-state index is 13.5. The van der Waals surface area contributed by atoms with Gasteiger partial charge in [-0.3, -0.25) is 0 Å².